The van der Waals surface area contributed by atoms with Crippen LogP contribution in [0.15, 0.2) is 52.5 Å². The first kappa shape index (κ1) is 16.8. The van der Waals surface area contributed by atoms with Crippen LogP contribution in [0.4, 0.5) is 0 Å². The van der Waals surface area contributed by atoms with Gasteiger partial charge in [-0.15, -0.1) is 5.10 Å². The van der Waals surface area contributed by atoms with Crippen molar-refractivity contribution in [2.75, 3.05) is 5.75 Å². The van der Waals surface area contributed by atoms with E-state index in [1.165, 1.54) is 6.92 Å². The largest absolute Gasteiger partial charge is 0.377 e. The van der Waals surface area contributed by atoms with Crippen molar-refractivity contribution in [2.45, 2.75) is 23.6 Å². The lowest BCUT2D eigenvalue weighted by atomic mass is 10.1. The molecule has 0 aliphatic carbocycles. The Balaban J connectivity index is 1.97. The zero-order chi connectivity index (χ0) is 17.5. The van der Waals surface area contributed by atoms with Gasteiger partial charge in [0.15, 0.2) is 15.0 Å². The maximum Gasteiger partial charge on any atom is 0.240 e. The zero-order valence-corrected chi connectivity index (χ0v) is 14.9. The number of fused-ring (bicyclic) bond motifs is 1. The molecule has 1 unspecified atom stereocenters. The number of hydrogen-bond acceptors (Lipinski definition) is 6. The van der Waals surface area contributed by atoms with Crippen LogP contribution >= 0.6 is 11.8 Å². The first-order valence-electron chi connectivity index (χ1n) is 7.27. The summed E-state index contributed by atoms with van der Waals surface area (Å²) in [7, 11) is -3.63. The van der Waals surface area contributed by atoms with Crippen molar-refractivity contribution in [2.24, 2.45) is 10.8 Å². The zero-order valence-electron chi connectivity index (χ0n) is 13.3. The van der Waals surface area contributed by atoms with Crippen LogP contribution in [0.3, 0.4) is 0 Å². The van der Waals surface area contributed by atoms with Crippen LogP contribution in [0.2, 0.25) is 0 Å². The number of thioether (sulfide) groups is 1. The van der Waals surface area contributed by atoms with E-state index in [9.17, 15) is 13.2 Å². The van der Waals surface area contributed by atoms with Crippen LogP contribution < -0.4 is 5.73 Å². The second-order valence-electron chi connectivity index (χ2n) is 5.81. The van der Waals surface area contributed by atoms with E-state index in [1.807, 2.05) is 24.3 Å². The van der Waals surface area contributed by atoms with Crippen molar-refractivity contribution >= 4 is 43.4 Å². The Bertz CT molecular complexity index is 956. The van der Waals surface area contributed by atoms with Crippen molar-refractivity contribution in [1.82, 2.24) is 5.01 Å². The van der Waals surface area contributed by atoms with Gasteiger partial charge in [0, 0.05) is 6.92 Å². The minimum absolute atomic E-state index is 0.182. The van der Waals surface area contributed by atoms with Gasteiger partial charge >= 0.3 is 0 Å². The molecule has 1 heterocycles. The molecule has 2 aromatic rings. The fourth-order valence-electron chi connectivity index (χ4n) is 2.78. The highest BCUT2D eigenvalue weighted by molar-refractivity contribution is 8.15. The molecule has 0 saturated heterocycles. The smallest absolute Gasteiger partial charge is 0.240 e. The van der Waals surface area contributed by atoms with Gasteiger partial charge in [-0.1, -0.05) is 42.1 Å². The number of nitrogens with two attached hydrogens (primary N) is 1. The van der Waals surface area contributed by atoms with Gasteiger partial charge in [-0.05, 0) is 29.8 Å². The Kier molecular flexibility index (Phi) is 4.05. The van der Waals surface area contributed by atoms with E-state index in [0.717, 1.165) is 27.5 Å². The molecule has 2 N–H and O–H groups in total. The van der Waals surface area contributed by atoms with Crippen LogP contribution in [-0.2, 0) is 14.6 Å². The van der Waals surface area contributed by atoms with E-state index in [2.05, 4.69) is 5.10 Å². The minimum Gasteiger partial charge on any atom is -0.377 e. The van der Waals surface area contributed by atoms with Gasteiger partial charge in [0.2, 0.25) is 5.91 Å². The third-order valence-corrected chi connectivity index (χ3v) is 6.95. The molecule has 0 bridgehead atoms. The van der Waals surface area contributed by atoms with E-state index in [4.69, 9.17) is 5.73 Å². The van der Waals surface area contributed by atoms with Gasteiger partial charge in [0.05, 0.1) is 10.6 Å². The Morgan fingerprint density at radius 3 is 2.58 bits per heavy atom. The molecule has 2 aromatic carbocycles. The topological polar surface area (TPSA) is 92.8 Å². The van der Waals surface area contributed by atoms with Gasteiger partial charge < -0.3 is 5.73 Å². The average molecular weight is 363 g/mol. The first-order chi connectivity index (χ1) is 11.2. The summed E-state index contributed by atoms with van der Waals surface area (Å²) >= 11 is 1.08. The molecule has 6 nitrogen and oxygen atoms in total. The van der Waals surface area contributed by atoms with Crippen LogP contribution in [0.1, 0.15) is 13.8 Å². The predicted octanol–water partition coefficient (Wildman–Crippen LogP) is 2.15. The van der Waals surface area contributed by atoms with E-state index in [0.29, 0.717) is 0 Å². The first-order valence-corrected chi connectivity index (χ1v) is 9.74. The third kappa shape index (κ3) is 2.99. The molecule has 1 atom stereocenters. The molecule has 0 aromatic heterocycles. The number of benzene rings is 2. The van der Waals surface area contributed by atoms with Crippen molar-refractivity contribution in [3.05, 3.63) is 42.5 Å². The minimum atomic E-state index is -3.63. The lowest BCUT2D eigenvalue weighted by Gasteiger charge is -2.30. The monoisotopic (exact) mass is 363 g/mol. The highest BCUT2D eigenvalue weighted by Crippen LogP contribution is 2.38. The van der Waals surface area contributed by atoms with E-state index in [1.54, 1.807) is 25.1 Å². The Labute approximate surface area is 144 Å². The summed E-state index contributed by atoms with van der Waals surface area (Å²) in [6, 6.07) is 12.6. The maximum atomic E-state index is 12.9. The number of hydrazone groups is 1. The molecule has 0 radical (unpaired) electrons. The number of carbonyl (C=O) groups is 1. The fraction of sp³-hybridized carbons (Fsp3) is 0.250. The number of hydrogen-bond donors (Lipinski definition) is 1. The summed E-state index contributed by atoms with van der Waals surface area (Å²) in [5, 5.41) is 7.09. The van der Waals surface area contributed by atoms with Gasteiger partial charge in [-0.25, -0.2) is 13.4 Å². The fourth-order valence-corrected chi connectivity index (χ4v) is 5.89. The summed E-state index contributed by atoms with van der Waals surface area (Å²) in [5.74, 6) is -0.619. The molecular formula is C16H17N3O3S2. The number of nitrogens with zero attached hydrogens (tertiary/aromatic N) is 2. The number of sulfone groups is 1. The molecule has 0 fully saturated rings. The van der Waals surface area contributed by atoms with Crippen molar-refractivity contribution in [1.29, 1.82) is 0 Å². The van der Waals surface area contributed by atoms with Crippen molar-refractivity contribution in [3.8, 4) is 0 Å². The van der Waals surface area contributed by atoms with E-state index < -0.39 is 14.7 Å². The second kappa shape index (κ2) is 5.78. The number of rotatable bonds is 3. The molecule has 24 heavy (non-hydrogen) atoms. The highest BCUT2D eigenvalue weighted by Gasteiger charge is 2.45. The summed E-state index contributed by atoms with van der Waals surface area (Å²) < 4.78 is 25.7. The van der Waals surface area contributed by atoms with E-state index in [-0.39, 0.29) is 21.7 Å². The van der Waals surface area contributed by atoms with Gasteiger partial charge in [-0.3, -0.25) is 4.79 Å². The number of carbonyl (C=O) groups excluding carboxylic acids is 1. The molecule has 126 valence electrons. The summed E-state index contributed by atoms with van der Waals surface area (Å²) in [5.41, 5.74) is 5.69. The summed E-state index contributed by atoms with van der Waals surface area (Å²) in [6.07, 6.45) is 0. The van der Waals surface area contributed by atoms with Crippen molar-refractivity contribution in [3.63, 3.8) is 0 Å². The van der Waals surface area contributed by atoms with Crippen LogP contribution in [0, 0.1) is 0 Å². The van der Waals surface area contributed by atoms with Crippen LogP contribution in [0.5, 0.6) is 0 Å². The SMILES string of the molecule is CC(=O)N1N=C(N)SC1(C)CS(=O)(=O)c1ccc2ccccc2c1. The lowest BCUT2D eigenvalue weighted by Crippen LogP contribution is -2.45. The molecule has 0 spiro atoms. The van der Waals surface area contributed by atoms with Crippen LogP contribution in [0.25, 0.3) is 10.8 Å². The van der Waals surface area contributed by atoms with Crippen molar-refractivity contribution < 1.29 is 13.2 Å². The molecule has 1 aliphatic heterocycles. The van der Waals surface area contributed by atoms with Gasteiger partial charge in [-0.2, -0.15) is 0 Å². The Morgan fingerprint density at radius 1 is 1.25 bits per heavy atom. The van der Waals surface area contributed by atoms with E-state index >= 15 is 0 Å². The lowest BCUT2D eigenvalue weighted by molar-refractivity contribution is -0.131. The highest BCUT2D eigenvalue weighted by atomic mass is 32.2. The molecule has 3 rings (SSSR count). The standard InChI is InChI=1S/C16H17N3O3S2/c1-11(20)19-16(2,23-15(17)18-19)10-24(21,22)14-8-7-12-5-3-4-6-13(12)9-14/h3-9H,10H2,1-2H3,(H2,17,18). The normalized spacial score (nSPS) is 21.1. The predicted molar refractivity (Wildman–Crippen MR) is 96.1 cm³/mol. The molecular weight excluding hydrogens is 346 g/mol. The Hall–Kier alpha value is -2.06. The average Bonchev–Trinajstić information content (AvgIpc) is 2.80. The quantitative estimate of drug-likeness (QED) is 0.902. The van der Waals surface area contributed by atoms with Gasteiger partial charge in [0.1, 0.15) is 4.87 Å². The Morgan fingerprint density at radius 2 is 1.92 bits per heavy atom. The summed E-state index contributed by atoms with van der Waals surface area (Å²) in [6.45, 7) is 2.99. The molecule has 8 heteroatoms. The number of amides is 1. The number of amidine groups is 1. The summed E-state index contributed by atoms with van der Waals surface area (Å²) in [4.78, 5) is 10.9. The molecule has 1 amide bonds. The molecule has 1 aliphatic rings. The van der Waals surface area contributed by atoms with Gasteiger partial charge in [0.25, 0.3) is 0 Å². The third-order valence-electron chi connectivity index (χ3n) is 3.81. The second-order valence-corrected chi connectivity index (χ2v) is 9.31. The maximum absolute atomic E-state index is 12.9. The van der Waals surface area contributed by atoms with Crippen LogP contribution in [-0.4, -0.2) is 35.1 Å². The molecule has 0 saturated carbocycles.